The second kappa shape index (κ2) is 4.51. The third-order valence-electron chi connectivity index (χ3n) is 3.75. The summed E-state index contributed by atoms with van der Waals surface area (Å²) in [7, 11) is 0. The highest BCUT2D eigenvalue weighted by atomic mass is 32.2. The fourth-order valence-electron chi connectivity index (χ4n) is 2.93. The van der Waals surface area contributed by atoms with E-state index in [4.69, 9.17) is 4.74 Å². The van der Waals surface area contributed by atoms with E-state index < -0.39 is 0 Å². The fraction of sp³-hybridized carbons (Fsp3) is 1.00. The van der Waals surface area contributed by atoms with Gasteiger partial charge < -0.3 is 10.1 Å². The number of rotatable bonds is 3. The van der Waals surface area contributed by atoms with Gasteiger partial charge in [-0.25, -0.2) is 0 Å². The number of nitrogens with one attached hydrogen (secondary N) is 1. The van der Waals surface area contributed by atoms with Gasteiger partial charge in [0.25, 0.3) is 0 Å². The van der Waals surface area contributed by atoms with Crippen LogP contribution in [-0.2, 0) is 4.74 Å². The van der Waals surface area contributed by atoms with Crippen molar-refractivity contribution in [1.82, 2.24) is 5.32 Å². The molecule has 2 aliphatic rings. The maximum absolute atomic E-state index is 6.10. The molecule has 0 aliphatic carbocycles. The smallest absolute Gasteiger partial charge is 0.0787 e. The normalized spacial score (nSPS) is 36.8. The lowest BCUT2D eigenvalue weighted by Gasteiger charge is -2.28. The topological polar surface area (TPSA) is 21.3 Å². The van der Waals surface area contributed by atoms with Crippen LogP contribution < -0.4 is 5.32 Å². The van der Waals surface area contributed by atoms with Gasteiger partial charge in [0.1, 0.15) is 0 Å². The SMILES string of the molecule is CC1(C)CC(NCC2CCSC2)C(C)(C)O1. The lowest BCUT2D eigenvalue weighted by atomic mass is 9.94. The van der Waals surface area contributed by atoms with Crippen molar-refractivity contribution in [3.05, 3.63) is 0 Å². The molecule has 94 valence electrons. The van der Waals surface area contributed by atoms with Crippen molar-refractivity contribution in [1.29, 1.82) is 0 Å². The highest BCUT2D eigenvalue weighted by Crippen LogP contribution is 2.37. The van der Waals surface area contributed by atoms with Crippen molar-refractivity contribution in [3.63, 3.8) is 0 Å². The van der Waals surface area contributed by atoms with Crippen molar-refractivity contribution >= 4 is 11.8 Å². The largest absolute Gasteiger partial charge is 0.368 e. The molecule has 0 aromatic carbocycles. The summed E-state index contributed by atoms with van der Waals surface area (Å²) in [5.41, 5.74) is 0.0147. The molecule has 16 heavy (non-hydrogen) atoms. The summed E-state index contributed by atoms with van der Waals surface area (Å²) >= 11 is 2.09. The molecule has 0 radical (unpaired) electrons. The zero-order valence-electron chi connectivity index (χ0n) is 11.0. The summed E-state index contributed by atoms with van der Waals surface area (Å²) in [6.07, 6.45) is 2.51. The number of ether oxygens (including phenoxy) is 1. The minimum atomic E-state index is -0.0186. The standard InChI is InChI=1S/C13H25NOS/c1-12(2)7-11(13(3,4)15-12)14-8-10-5-6-16-9-10/h10-11,14H,5-9H2,1-4H3. The number of hydrogen-bond donors (Lipinski definition) is 1. The van der Waals surface area contributed by atoms with Crippen molar-refractivity contribution < 1.29 is 4.74 Å². The van der Waals surface area contributed by atoms with E-state index in [1.54, 1.807) is 0 Å². The van der Waals surface area contributed by atoms with E-state index in [2.05, 4.69) is 44.8 Å². The summed E-state index contributed by atoms with van der Waals surface area (Å²) in [6, 6.07) is 0.507. The number of hydrogen-bond acceptors (Lipinski definition) is 3. The first-order chi connectivity index (χ1) is 7.39. The Kier molecular flexibility index (Phi) is 3.58. The molecule has 2 unspecified atom stereocenters. The first-order valence-corrected chi connectivity index (χ1v) is 7.56. The summed E-state index contributed by atoms with van der Waals surface area (Å²) in [6.45, 7) is 9.98. The average Bonchev–Trinajstić information content (AvgIpc) is 2.67. The van der Waals surface area contributed by atoms with Gasteiger partial charge in [0, 0.05) is 6.04 Å². The van der Waals surface area contributed by atoms with Crippen LogP contribution in [0.25, 0.3) is 0 Å². The molecule has 1 N–H and O–H groups in total. The Bertz CT molecular complexity index is 246. The molecular formula is C13H25NOS. The zero-order valence-corrected chi connectivity index (χ0v) is 11.8. The van der Waals surface area contributed by atoms with Crippen molar-refractivity contribution in [2.24, 2.45) is 5.92 Å². The van der Waals surface area contributed by atoms with Gasteiger partial charge in [0.05, 0.1) is 11.2 Å². The van der Waals surface area contributed by atoms with Gasteiger partial charge in [-0.1, -0.05) is 0 Å². The van der Waals surface area contributed by atoms with Crippen LogP contribution in [0, 0.1) is 5.92 Å². The molecule has 2 aliphatic heterocycles. The zero-order chi connectivity index (χ0) is 11.8. The van der Waals surface area contributed by atoms with Crippen LogP contribution in [0.2, 0.25) is 0 Å². The summed E-state index contributed by atoms with van der Waals surface area (Å²) in [5.74, 6) is 3.57. The molecule has 0 amide bonds. The van der Waals surface area contributed by atoms with Gasteiger partial charge in [0.2, 0.25) is 0 Å². The van der Waals surface area contributed by atoms with Crippen LogP contribution in [-0.4, -0.2) is 35.3 Å². The highest BCUT2D eigenvalue weighted by Gasteiger charge is 2.45. The quantitative estimate of drug-likeness (QED) is 0.823. The van der Waals surface area contributed by atoms with Gasteiger partial charge in [-0.05, 0) is 64.5 Å². The maximum atomic E-state index is 6.10. The van der Waals surface area contributed by atoms with Gasteiger partial charge in [-0.3, -0.25) is 0 Å². The van der Waals surface area contributed by atoms with Gasteiger partial charge in [-0.15, -0.1) is 0 Å². The predicted molar refractivity (Wildman–Crippen MR) is 71.1 cm³/mol. The van der Waals surface area contributed by atoms with Crippen LogP contribution in [0.15, 0.2) is 0 Å². The monoisotopic (exact) mass is 243 g/mol. The van der Waals surface area contributed by atoms with Crippen LogP contribution in [0.5, 0.6) is 0 Å². The van der Waals surface area contributed by atoms with E-state index >= 15 is 0 Å². The molecule has 0 aromatic rings. The lowest BCUT2D eigenvalue weighted by Crippen LogP contribution is -2.45. The fourth-order valence-corrected chi connectivity index (χ4v) is 4.22. The van der Waals surface area contributed by atoms with Crippen LogP contribution in [0.3, 0.4) is 0 Å². The summed E-state index contributed by atoms with van der Waals surface area (Å²) in [4.78, 5) is 0. The minimum absolute atomic E-state index is 0.0186. The maximum Gasteiger partial charge on any atom is 0.0787 e. The Hall–Kier alpha value is 0.270. The van der Waals surface area contributed by atoms with Crippen molar-refractivity contribution in [3.8, 4) is 0 Å². The number of thioether (sulfide) groups is 1. The van der Waals surface area contributed by atoms with E-state index in [-0.39, 0.29) is 11.2 Å². The minimum Gasteiger partial charge on any atom is -0.368 e. The Balaban J connectivity index is 1.84. The molecule has 2 heterocycles. The molecule has 2 nitrogen and oxygen atoms in total. The third kappa shape index (κ3) is 2.93. The lowest BCUT2D eigenvalue weighted by molar-refractivity contribution is -0.0699. The molecule has 3 heteroatoms. The second-order valence-electron chi connectivity index (χ2n) is 6.36. The second-order valence-corrected chi connectivity index (χ2v) is 7.51. The van der Waals surface area contributed by atoms with E-state index in [1.165, 1.54) is 24.5 Å². The highest BCUT2D eigenvalue weighted by molar-refractivity contribution is 7.99. The first kappa shape index (κ1) is 12.7. The van der Waals surface area contributed by atoms with Gasteiger partial charge in [0.15, 0.2) is 0 Å². The van der Waals surface area contributed by atoms with E-state index in [0.29, 0.717) is 6.04 Å². The molecule has 0 spiro atoms. The van der Waals surface area contributed by atoms with Gasteiger partial charge >= 0.3 is 0 Å². The average molecular weight is 243 g/mol. The van der Waals surface area contributed by atoms with Crippen LogP contribution in [0.1, 0.15) is 40.5 Å². The van der Waals surface area contributed by atoms with Crippen LogP contribution >= 0.6 is 11.8 Å². The van der Waals surface area contributed by atoms with E-state index in [1.807, 2.05) is 0 Å². The molecule has 2 fully saturated rings. The molecule has 2 atom stereocenters. The first-order valence-electron chi connectivity index (χ1n) is 6.40. The predicted octanol–water partition coefficient (Wildman–Crippen LogP) is 2.68. The summed E-state index contributed by atoms with van der Waals surface area (Å²) < 4.78 is 6.10. The van der Waals surface area contributed by atoms with Crippen molar-refractivity contribution in [2.75, 3.05) is 18.1 Å². The molecule has 0 bridgehead atoms. The van der Waals surface area contributed by atoms with Gasteiger partial charge in [-0.2, -0.15) is 11.8 Å². The molecule has 2 saturated heterocycles. The molecule has 0 saturated carbocycles. The molecular weight excluding hydrogens is 218 g/mol. The Morgan fingerprint density at radius 3 is 2.56 bits per heavy atom. The molecule has 2 rings (SSSR count). The Labute approximate surface area is 104 Å². The molecule has 0 aromatic heterocycles. The van der Waals surface area contributed by atoms with Crippen LogP contribution in [0.4, 0.5) is 0 Å². The van der Waals surface area contributed by atoms with E-state index in [0.717, 1.165) is 12.3 Å². The third-order valence-corrected chi connectivity index (χ3v) is 4.98. The van der Waals surface area contributed by atoms with E-state index in [9.17, 15) is 0 Å². The Morgan fingerprint density at radius 2 is 2.06 bits per heavy atom. The summed E-state index contributed by atoms with van der Waals surface area (Å²) in [5, 5.41) is 3.73. The van der Waals surface area contributed by atoms with Crippen molar-refractivity contribution in [2.45, 2.75) is 57.8 Å². The Morgan fingerprint density at radius 1 is 1.31 bits per heavy atom.